The standard InChI is InChI=1S/C14H22N2O/c1-10(2)15-12-8-6-11(7-9-12)13(17)16-14(3,4)5/h6-10,15H,1-5H3,(H,16,17). The van der Waals surface area contributed by atoms with Crippen molar-refractivity contribution in [3.8, 4) is 0 Å². The highest BCUT2D eigenvalue weighted by molar-refractivity contribution is 5.94. The van der Waals surface area contributed by atoms with Gasteiger partial charge in [0, 0.05) is 22.8 Å². The summed E-state index contributed by atoms with van der Waals surface area (Å²) in [6.45, 7) is 10.1. The van der Waals surface area contributed by atoms with Gasteiger partial charge >= 0.3 is 0 Å². The lowest BCUT2D eigenvalue weighted by Crippen LogP contribution is -2.40. The van der Waals surface area contributed by atoms with Gasteiger partial charge in [-0.15, -0.1) is 0 Å². The summed E-state index contributed by atoms with van der Waals surface area (Å²) in [6, 6.07) is 7.93. The Morgan fingerprint density at radius 3 is 2.06 bits per heavy atom. The monoisotopic (exact) mass is 234 g/mol. The van der Waals surface area contributed by atoms with Crippen molar-refractivity contribution in [3.05, 3.63) is 29.8 Å². The average molecular weight is 234 g/mol. The number of amides is 1. The zero-order chi connectivity index (χ0) is 13.1. The lowest BCUT2D eigenvalue weighted by Gasteiger charge is -2.20. The van der Waals surface area contributed by atoms with Crippen LogP contribution in [0.1, 0.15) is 45.0 Å². The van der Waals surface area contributed by atoms with Gasteiger partial charge < -0.3 is 10.6 Å². The van der Waals surface area contributed by atoms with E-state index in [1.165, 1.54) is 0 Å². The SMILES string of the molecule is CC(C)Nc1ccc(C(=O)NC(C)(C)C)cc1. The molecule has 1 rings (SSSR count). The van der Waals surface area contributed by atoms with Crippen molar-refractivity contribution in [1.29, 1.82) is 0 Å². The molecule has 0 aliphatic heterocycles. The van der Waals surface area contributed by atoms with E-state index in [-0.39, 0.29) is 11.4 Å². The largest absolute Gasteiger partial charge is 0.383 e. The van der Waals surface area contributed by atoms with Crippen molar-refractivity contribution in [2.45, 2.75) is 46.2 Å². The Bertz CT molecular complexity index is 374. The second kappa shape index (κ2) is 5.21. The number of nitrogens with one attached hydrogen (secondary N) is 2. The predicted molar refractivity (Wildman–Crippen MR) is 72.4 cm³/mol. The summed E-state index contributed by atoms with van der Waals surface area (Å²) in [7, 11) is 0. The van der Waals surface area contributed by atoms with Gasteiger partial charge in [-0.2, -0.15) is 0 Å². The molecule has 3 nitrogen and oxygen atoms in total. The molecule has 0 spiro atoms. The summed E-state index contributed by atoms with van der Waals surface area (Å²) >= 11 is 0. The minimum Gasteiger partial charge on any atom is -0.383 e. The maximum atomic E-state index is 11.9. The van der Waals surface area contributed by atoms with E-state index in [1.807, 2.05) is 45.0 Å². The molecule has 0 aliphatic carbocycles. The van der Waals surface area contributed by atoms with E-state index in [2.05, 4.69) is 24.5 Å². The molecule has 3 heteroatoms. The molecule has 1 aromatic rings. The smallest absolute Gasteiger partial charge is 0.251 e. The lowest BCUT2D eigenvalue weighted by atomic mass is 10.1. The fraction of sp³-hybridized carbons (Fsp3) is 0.500. The van der Waals surface area contributed by atoms with Crippen LogP contribution >= 0.6 is 0 Å². The Labute approximate surface area is 104 Å². The fourth-order valence-corrected chi connectivity index (χ4v) is 1.46. The third kappa shape index (κ3) is 4.89. The summed E-state index contributed by atoms with van der Waals surface area (Å²) in [5.74, 6) is -0.0337. The first-order valence-corrected chi connectivity index (χ1v) is 5.97. The van der Waals surface area contributed by atoms with E-state index in [4.69, 9.17) is 0 Å². The molecule has 0 fully saturated rings. The first kappa shape index (κ1) is 13.6. The highest BCUT2D eigenvalue weighted by Crippen LogP contribution is 2.11. The number of anilines is 1. The molecule has 17 heavy (non-hydrogen) atoms. The summed E-state index contributed by atoms with van der Waals surface area (Å²) in [6.07, 6.45) is 0. The minimum absolute atomic E-state index is 0.0337. The van der Waals surface area contributed by atoms with Crippen LogP contribution in [0.4, 0.5) is 5.69 Å². The van der Waals surface area contributed by atoms with Gasteiger partial charge in [0.2, 0.25) is 0 Å². The van der Waals surface area contributed by atoms with Crippen molar-refractivity contribution in [2.75, 3.05) is 5.32 Å². The number of benzene rings is 1. The van der Waals surface area contributed by atoms with Crippen LogP contribution in [0.25, 0.3) is 0 Å². The van der Waals surface area contributed by atoms with Crippen molar-refractivity contribution in [3.63, 3.8) is 0 Å². The van der Waals surface area contributed by atoms with E-state index in [9.17, 15) is 4.79 Å². The minimum atomic E-state index is -0.202. The average Bonchev–Trinajstić information content (AvgIpc) is 2.15. The second-order valence-electron chi connectivity index (χ2n) is 5.58. The number of hydrogen-bond donors (Lipinski definition) is 2. The maximum Gasteiger partial charge on any atom is 0.251 e. The Kier molecular flexibility index (Phi) is 4.16. The van der Waals surface area contributed by atoms with Gasteiger partial charge in [0.05, 0.1) is 0 Å². The Balaban J connectivity index is 2.71. The first-order chi connectivity index (χ1) is 7.78. The lowest BCUT2D eigenvalue weighted by molar-refractivity contribution is 0.0919. The zero-order valence-corrected chi connectivity index (χ0v) is 11.3. The summed E-state index contributed by atoms with van der Waals surface area (Å²) in [5, 5.41) is 6.22. The molecule has 0 aliphatic rings. The van der Waals surface area contributed by atoms with Gasteiger partial charge in [0.25, 0.3) is 5.91 Å². The van der Waals surface area contributed by atoms with Gasteiger partial charge in [-0.3, -0.25) is 4.79 Å². The van der Waals surface area contributed by atoms with Crippen LogP contribution in [-0.4, -0.2) is 17.5 Å². The predicted octanol–water partition coefficient (Wildman–Crippen LogP) is 3.04. The number of carbonyl (C=O) groups is 1. The van der Waals surface area contributed by atoms with Gasteiger partial charge in [-0.05, 0) is 58.9 Å². The molecule has 0 saturated carbocycles. The highest BCUT2D eigenvalue weighted by Gasteiger charge is 2.14. The quantitative estimate of drug-likeness (QED) is 0.844. The van der Waals surface area contributed by atoms with Crippen LogP contribution in [-0.2, 0) is 0 Å². The van der Waals surface area contributed by atoms with E-state index in [1.54, 1.807) is 0 Å². The van der Waals surface area contributed by atoms with Gasteiger partial charge in [0.15, 0.2) is 0 Å². The number of hydrogen-bond acceptors (Lipinski definition) is 2. The van der Waals surface area contributed by atoms with E-state index in [0.717, 1.165) is 5.69 Å². The van der Waals surface area contributed by atoms with Gasteiger partial charge in [0.1, 0.15) is 0 Å². The molecule has 94 valence electrons. The van der Waals surface area contributed by atoms with Crippen molar-refractivity contribution >= 4 is 11.6 Å². The third-order valence-corrected chi connectivity index (χ3v) is 2.09. The molecule has 0 saturated heterocycles. The molecular formula is C14H22N2O. The van der Waals surface area contributed by atoms with Gasteiger partial charge in [-0.1, -0.05) is 0 Å². The molecular weight excluding hydrogens is 212 g/mol. The van der Waals surface area contributed by atoms with Crippen LogP contribution in [0.2, 0.25) is 0 Å². The molecule has 0 bridgehead atoms. The van der Waals surface area contributed by atoms with E-state index in [0.29, 0.717) is 11.6 Å². The van der Waals surface area contributed by atoms with E-state index < -0.39 is 0 Å². The molecule has 0 atom stereocenters. The van der Waals surface area contributed by atoms with Crippen molar-refractivity contribution < 1.29 is 4.79 Å². The topological polar surface area (TPSA) is 41.1 Å². The highest BCUT2D eigenvalue weighted by atomic mass is 16.1. The Morgan fingerprint density at radius 2 is 1.65 bits per heavy atom. The zero-order valence-electron chi connectivity index (χ0n) is 11.3. The van der Waals surface area contributed by atoms with Crippen LogP contribution in [0.3, 0.4) is 0 Å². The first-order valence-electron chi connectivity index (χ1n) is 5.97. The molecule has 1 aromatic carbocycles. The number of rotatable bonds is 3. The Morgan fingerprint density at radius 1 is 1.12 bits per heavy atom. The van der Waals surface area contributed by atoms with Crippen LogP contribution in [0, 0.1) is 0 Å². The van der Waals surface area contributed by atoms with Crippen LogP contribution in [0.15, 0.2) is 24.3 Å². The summed E-state index contributed by atoms with van der Waals surface area (Å²) in [5.41, 5.74) is 1.52. The fourth-order valence-electron chi connectivity index (χ4n) is 1.46. The van der Waals surface area contributed by atoms with E-state index >= 15 is 0 Å². The molecule has 2 N–H and O–H groups in total. The number of carbonyl (C=O) groups excluding carboxylic acids is 1. The second-order valence-corrected chi connectivity index (χ2v) is 5.58. The van der Waals surface area contributed by atoms with Crippen molar-refractivity contribution in [1.82, 2.24) is 5.32 Å². The molecule has 0 radical (unpaired) electrons. The maximum absolute atomic E-state index is 11.9. The molecule has 0 heterocycles. The summed E-state index contributed by atoms with van der Waals surface area (Å²) in [4.78, 5) is 11.9. The summed E-state index contributed by atoms with van der Waals surface area (Å²) < 4.78 is 0. The Hall–Kier alpha value is -1.51. The van der Waals surface area contributed by atoms with Gasteiger partial charge in [-0.25, -0.2) is 0 Å². The van der Waals surface area contributed by atoms with Crippen LogP contribution in [0.5, 0.6) is 0 Å². The third-order valence-electron chi connectivity index (χ3n) is 2.09. The molecule has 0 unspecified atom stereocenters. The normalized spacial score (nSPS) is 11.4. The molecule has 1 amide bonds. The van der Waals surface area contributed by atoms with Crippen LogP contribution < -0.4 is 10.6 Å². The molecule has 0 aromatic heterocycles. The van der Waals surface area contributed by atoms with Crippen molar-refractivity contribution in [2.24, 2.45) is 0 Å².